The Morgan fingerprint density at radius 1 is 1.12 bits per heavy atom. The van der Waals surface area contributed by atoms with Crippen LogP contribution in [0, 0.1) is 6.92 Å². The van der Waals surface area contributed by atoms with Gasteiger partial charge in [-0.3, -0.25) is 9.59 Å². The van der Waals surface area contributed by atoms with Crippen molar-refractivity contribution in [1.82, 2.24) is 4.57 Å². The quantitative estimate of drug-likeness (QED) is 0.707. The average Bonchev–Trinajstić information content (AvgIpc) is 2.89. The van der Waals surface area contributed by atoms with E-state index in [9.17, 15) is 9.59 Å². The van der Waals surface area contributed by atoms with Gasteiger partial charge in [-0.1, -0.05) is 35.9 Å². The van der Waals surface area contributed by atoms with E-state index in [4.69, 9.17) is 16.3 Å². The molecule has 0 spiro atoms. The summed E-state index contributed by atoms with van der Waals surface area (Å²) in [6.45, 7) is 1.65. The number of para-hydroxylation sites is 1. The molecule has 0 bridgehead atoms. The van der Waals surface area contributed by atoms with Crippen molar-refractivity contribution in [2.24, 2.45) is 0 Å². The summed E-state index contributed by atoms with van der Waals surface area (Å²) >= 11 is 5.86. The number of ether oxygens (including phenoxy) is 1. The number of aromatic nitrogens is 1. The maximum atomic E-state index is 12.1. The summed E-state index contributed by atoms with van der Waals surface area (Å²) in [6, 6.07) is 16.6. The number of hydrogen-bond acceptors (Lipinski definition) is 3. The minimum Gasteiger partial charge on any atom is -0.454 e. The number of nitrogens with zero attached hydrogens (tertiary/aromatic N) is 1. The summed E-state index contributed by atoms with van der Waals surface area (Å²) < 4.78 is 6.95. The van der Waals surface area contributed by atoms with Gasteiger partial charge in [0.05, 0.1) is 0 Å². The molecular weight excluding hydrogens is 340 g/mol. The molecule has 0 radical (unpaired) electrons. The van der Waals surface area contributed by atoms with Gasteiger partial charge in [0.15, 0.2) is 6.61 Å². The second kappa shape index (κ2) is 7.40. The number of amides is 1. The molecule has 2 aromatic carbocycles. The standard InChI is InChI=1S/C19H17ClN2O3/c1-13-9-14-5-2-3-8-17(14)22(13)11-19(24)25-12-18(23)21-16-7-4-6-15(20)10-16/h2-10H,11-12H2,1H3,(H,21,23). The van der Waals surface area contributed by atoms with E-state index in [1.165, 1.54) is 0 Å². The van der Waals surface area contributed by atoms with Gasteiger partial charge in [0.25, 0.3) is 5.91 Å². The number of aryl methyl sites for hydroxylation is 1. The molecule has 0 unspecified atom stereocenters. The van der Waals surface area contributed by atoms with Gasteiger partial charge >= 0.3 is 5.97 Å². The summed E-state index contributed by atoms with van der Waals surface area (Å²) in [6.07, 6.45) is 0. The molecule has 128 valence electrons. The molecule has 0 saturated carbocycles. The number of hydrogen-bond donors (Lipinski definition) is 1. The largest absolute Gasteiger partial charge is 0.454 e. The minimum atomic E-state index is -0.467. The van der Waals surface area contributed by atoms with Gasteiger partial charge in [0.1, 0.15) is 6.54 Å². The predicted octanol–water partition coefficient (Wildman–Crippen LogP) is 3.79. The third-order valence-electron chi connectivity index (χ3n) is 3.78. The first-order chi connectivity index (χ1) is 12.0. The fourth-order valence-electron chi connectivity index (χ4n) is 2.64. The second-order valence-electron chi connectivity index (χ2n) is 5.65. The van der Waals surface area contributed by atoms with Crippen LogP contribution in [0.2, 0.25) is 5.02 Å². The third-order valence-corrected chi connectivity index (χ3v) is 4.01. The number of rotatable bonds is 5. The molecule has 3 aromatic rings. The molecule has 1 N–H and O–H groups in total. The Morgan fingerprint density at radius 2 is 1.92 bits per heavy atom. The van der Waals surface area contributed by atoms with Crippen molar-refractivity contribution in [3.63, 3.8) is 0 Å². The van der Waals surface area contributed by atoms with Crippen molar-refractivity contribution in [1.29, 1.82) is 0 Å². The van der Waals surface area contributed by atoms with Gasteiger partial charge in [0.2, 0.25) is 0 Å². The maximum Gasteiger partial charge on any atom is 0.326 e. The molecule has 0 saturated heterocycles. The van der Waals surface area contributed by atoms with Crippen LogP contribution in [-0.4, -0.2) is 23.1 Å². The first kappa shape index (κ1) is 17.0. The molecule has 0 aliphatic heterocycles. The molecule has 1 amide bonds. The number of fused-ring (bicyclic) bond motifs is 1. The van der Waals surface area contributed by atoms with Crippen LogP contribution in [0.1, 0.15) is 5.69 Å². The zero-order valence-corrected chi connectivity index (χ0v) is 14.4. The van der Waals surface area contributed by atoms with Crippen molar-refractivity contribution in [2.45, 2.75) is 13.5 Å². The van der Waals surface area contributed by atoms with Crippen LogP contribution in [0.15, 0.2) is 54.6 Å². The monoisotopic (exact) mass is 356 g/mol. The van der Waals surface area contributed by atoms with E-state index in [-0.39, 0.29) is 13.2 Å². The normalized spacial score (nSPS) is 10.6. The lowest BCUT2D eigenvalue weighted by Crippen LogP contribution is -2.23. The van der Waals surface area contributed by atoms with Crippen molar-refractivity contribution in [2.75, 3.05) is 11.9 Å². The Balaban J connectivity index is 1.57. The van der Waals surface area contributed by atoms with E-state index in [0.717, 1.165) is 16.6 Å². The highest BCUT2D eigenvalue weighted by Gasteiger charge is 2.12. The molecule has 0 fully saturated rings. The van der Waals surface area contributed by atoms with E-state index in [0.29, 0.717) is 10.7 Å². The fourth-order valence-corrected chi connectivity index (χ4v) is 2.83. The summed E-state index contributed by atoms with van der Waals surface area (Å²) in [5.41, 5.74) is 2.47. The first-order valence-electron chi connectivity index (χ1n) is 7.79. The number of carbonyl (C=O) groups excluding carboxylic acids is 2. The Morgan fingerprint density at radius 3 is 2.72 bits per heavy atom. The van der Waals surface area contributed by atoms with Gasteiger partial charge in [-0.25, -0.2) is 0 Å². The highest BCUT2D eigenvalue weighted by Crippen LogP contribution is 2.19. The van der Waals surface area contributed by atoms with Gasteiger partial charge in [-0.15, -0.1) is 0 Å². The third kappa shape index (κ3) is 4.19. The van der Waals surface area contributed by atoms with Crippen LogP contribution < -0.4 is 5.32 Å². The zero-order valence-electron chi connectivity index (χ0n) is 13.7. The highest BCUT2D eigenvalue weighted by molar-refractivity contribution is 6.30. The molecule has 1 aromatic heterocycles. The van der Waals surface area contributed by atoms with Crippen molar-refractivity contribution < 1.29 is 14.3 Å². The van der Waals surface area contributed by atoms with Crippen LogP contribution in [0.4, 0.5) is 5.69 Å². The molecule has 5 nitrogen and oxygen atoms in total. The number of anilines is 1. The SMILES string of the molecule is Cc1cc2ccccc2n1CC(=O)OCC(=O)Nc1cccc(Cl)c1. The second-order valence-corrected chi connectivity index (χ2v) is 6.09. The molecule has 0 atom stereocenters. The van der Waals surface area contributed by atoms with E-state index >= 15 is 0 Å². The highest BCUT2D eigenvalue weighted by atomic mass is 35.5. The lowest BCUT2D eigenvalue weighted by Gasteiger charge is -2.09. The molecule has 6 heteroatoms. The van der Waals surface area contributed by atoms with Crippen LogP contribution in [-0.2, 0) is 20.9 Å². The van der Waals surface area contributed by atoms with E-state index in [1.54, 1.807) is 24.3 Å². The van der Waals surface area contributed by atoms with Crippen LogP contribution in [0.25, 0.3) is 10.9 Å². The number of esters is 1. The smallest absolute Gasteiger partial charge is 0.326 e. The average molecular weight is 357 g/mol. The number of nitrogens with one attached hydrogen (secondary N) is 1. The van der Waals surface area contributed by atoms with Gasteiger partial charge < -0.3 is 14.6 Å². The predicted molar refractivity (Wildman–Crippen MR) is 97.7 cm³/mol. The van der Waals surface area contributed by atoms with Crippen LogP contribution in [0.3, 0.4) is 0 Å². The Bertz CT molecular complexity index is 933. The molecule has 1 heterocycles. The van der Waals surface area contributed by atoms with Crippen molar-refractivity contribution in [3.8, 4) is 0 Å². The lowest BCUT2D eigenvalue weighted by molar-refractivity contribution is -0.147. The van der Waals surface area contributed by atoms with Crippen LogP contribution >= 0.6 is 11.6 Å². The molecule has 0 aliphatic rings. The van der Waals surface area contributed by atoms with E-state index < -0.39 is 11.9 Å². The topological polar surface area (TPSA) is 60.3 Å². The zero-order chi connectivity index (χ0) is 17.8. The summed E-state index contributed by atoms with van der Waals surface area (Å²) in [5.74, 6) is -0.879. The van der Waals surface area contributed by atoms with Gasteiger partial charge in [-0.05, 0) is 42.6 Å². The van der Waals surface area contributed by atoms with Crippen molar-refractivity contribution in [3.05, 3.63) is 65.3 Å². The lowest BCUT2D eigenvalue weighted by atomic mass is 10.2. The van der Waals surface area contributed by atoms with Gasteiger partial charge in [0, 0.05) is 21.9 Å². The number of carbonyl (C=O) groups is 2. The van der Waals surface area contributed by atoms with E-state index in [2.05, 4.69) is 5.32 Å². The Kier molecular flexibility index (Phi) is 5.05. The fraction of sp³-hybridized carbons (Fsp3) is 0.158. The van der Waals surface area contributed by atoms with Gasteiger partial charge in [-0.2, -0.15) is 0 Å². The Labute approximate surface area is 150 Å². The minimum absolute atomic E-state index is 0.0593. The molecule has 25 heavy (non-hydrogen) atoms. The number of benzene rings is 2. The molecule has 3 rings (SSSR count). The van der Waals surface area contributed by atoms with E-state index in [1.807, 2.05) is 41.8 Å². The first-order valence-corrected chi connectivity index (χ1v) is 8.16. The Hall–Kier alpha value is -2.79. The maximum absolute atomic E-state index is 12.1. The summed E-state index contributed by atoms with van der Waals surface area (Å²) in [5, 5.41) is 4.21. The van der Waals surface area contributed by atoms with Crippen molar-refractivity contribution >= 4 is 40.1 Å². The molecule has 0 aliphatic carbocycles. The summed E-state index contributed by atoms with van der Waals surface area (Å²) in [7, 11) is 0. The van der Waals surface area contributed by atoms with Crippen LogP contribution in [0.5, 0.6) is 0 Å². The number of halogens is 1. The molecular formula is C19H17ClN2O3. The summed E-state index contributed by atoms with van der Waals surface area (Å²) in [4.78, 5) is 23.9.